The molecule has 0 aromatic heterocycles. The van der Waals surface area contributed by atoms with Crippen molar-refractivity contribution in [3.63, 3.8) is 0 Å². The number of anilines is 1. The first-order chi connectivity index (χ1) is 8.70. The van der Waals surface area contributed by atoms with Crippen LogP contribution in [-0.2, 0) is 11.2 Å². The summed E-state index contributed by atoms with van der Waals surface area (Å²) in [6, 6.07) is 13.0. The Hall–Kier alpha value is -1.94. The molecule has 1 amide bonds. The Morgan fingerprint density at radius 3 is 2.56 bits per heavy atom. The van der Waals surface area contributed by atoms with Crippen molar-refractivity contribution in [3.8, 4) is 5.75 Å². The first-order valence-electron chi connectivity index (χ1n) is 5.60. The van der Waals surface area contributed by atoms with Gasteiger partial charge in [0.2, 0.25) is 5.91 Å². The van der Waals surface area contributed by atoms with Crippen LogP contribution in [0.25, 0.3) is 0 Å². The molecule has 0 saturated carbocycles. The van der Waals surface area contributed by atoms with E-state index in [1.54, 1.807) is 23.9 Å². The topological polar surface area (TPSA) is 49.3 Å². The average Bonchev–Trinajstić information content (AvgIpc) is 2.71. The lowest BCUT2D eigenvalue weighted by molar-refractivity contribution is -0.115. The maximum atomic E-state index is 11.3. The SMILES string of the molecule is O=C1Cc2cc(Sc3ccc(O)cc3)ccc2N1. The van der Waals surface area contributed by atoms with Gasteiger partial charge in [0.05, 0.1) is 6.42 Å². The number of hydrogen-bond acceptors (Lipinski definition) is 3. The number of phenols is 1. The Morgan fingerprint density at radius 1 is 1.06 bits per heavy atom. The summed E-state index contributed by atoms with van der Waals surface area (Å²) in [6.07, 6.45) is 0.458. The third-order valence-corrected chi connectivity index (χ3v) is 3.77. The molecule has 3 nitrogen and oxygen atoms in total. The van der Waals surface area contributed by atoms with E-state index in [9.17, 15) is 9.90 Å². The van der Waals surface area contributed by atoms with E-state index < -0.39 is 0 Å². The van der Waals surface area contributed by atoms with Gasteiger partial charge < -0.3 is 10.4 Å². The standard InChI is InChI=1S/C14H11NO2S/c16-10-1-3-11(4-2-10)18-12-5-6-13-9(7-12)8-14(17)15-13/h1-7,16H,8H2,(H,15,17). The lowest BCUT2D eigenvalue weighted by Crippen LogP contribution is -2.03. The number of fused-ring (bicyclic) bond motifs is 1. The number of phenolic OH excluding ortho intramolecular Hbond substituents is 1. The summed E-state index contributed by atoms with van der Waals surface area (Å²) in [5.41, 5.74) is 1.96. The zero-order valence-electron chi connectivity index (χ0n) is 9.51. The summed E-state index contributed by atoms with van der Waals surface area (Å²) >= 11 is 1.61. The van der Waals surface area contributed by atoms with Crippen LogP contribution in [0.5, 0.6) is 5.75 Å². The molecule has 0 spiro atoms. The van der Waals surface area contributed by atoms with Gasteiger partial charge in [-0.15, -0.1) is 0 Å². The van der Waals surface area contributed by atoms with Gasteiger partial charge in [-0.05, 0) is 48.0 Å². The third kappa shape index (κ3) is 2.19. The molecule has 2 aromatic carbocycles. The van der Waals surface area contributed by atoms with Crippen molar-refractivity contribution in [1.29, 1.82) is 0 Å². The minimum atomic E-state index is 0.0526. The van der Waals surface area contributed by atoms with Crippen molar-refractivity contribution >= 4 is 23.4 Å². The van der Waals surface area contributed by atoms with Gasteiger partial charge in [0.1, 0.15) is 5.75 Å². The molecule has 3 rings (SSSR count). The van der Waals surface area contributed by atoms with Crippen LogP contribution in [0.1, 0.15) is 5.56 Å². The Morgan fingerprint density at radius 2 is 1.78 bits per heavy atom. The van der Waals surface area contributed by atoms with Gasteiger partial charge in [-0.3, -0.25) is 4.79 Å². The number of hydrogen-bond donors (Lipinski definition) is 2. The van der Waals surface area contributed by atoms with Gasteiger partial charge in [0.15, 0.2) is 0 Å². The highest BCUT2D eigenvalue weighted by Crippen LogP contribution is 2.33. The fourth-order valence-electron chi connectivity index (χ4n) is 1.92. The van der Waals surface area contributed by atoms with Gasteiger partial charge in [-0.2, -0.15) is 0 Å². The summed E-state index contributed by atoms with van der Waals surface area (Å²) in [5.74, 6) is 0.319. The molecule has 18 heavy (non-hydrogen) atoms. The Kier molecular flexibility index (Phi) is 2.72. The lowest BCUT2D eigenvalue weighted by Gasteiger charge is -2.04. The number of benzene rings is 2. The van der Waals surface area contributed by atoms with E-state index in [0.29, 0.717) is 6.42 Å². The second-order valence-corrected chi connectivity index (χ2v) is 5.29. The van der Waals surface area contributed by atoms with E-state index in [0.717, 1.165) is 21.0 Å². The Labute approximate surface area is 109 Å². The van der Waals surface area contributed by atoms with Crippen molar-refractivity contribution < 1.29 is 9.90 Å². The van der Waals surface area contributed by atoms with Crippen molar-refractivity contribution in [2.45, 2.75) is 16.2 Å². The maximum absolute atomic E-state index is 11.3. The molecule has 1 aliphatic rings. The third-order valence-electron chi connectivity index (χ3n) is 2.77. The number of nitrogens with one attached hydrogen (secondary N) is 1. The molecule has 2 N–H and O–H groups in total. The number of carbonyl (C=O) groups excluding carboxylic acids is 1. The number of aromatic hydroxyl groups is 1. The summed E-state index contributed by atoms with van der Waals surface area (Å²) in [4.78, 5) is 13.4. The van der Waals surface area contributed by atoms with Crippen LogP contribution in [0.15, 0.2) is 52.3 Å². The fraction of sp³-hybridized carbons (Fsp3) is 0.0714. The second kappa shape index (κ2) is 4.38. The van der Waals surface area contributed by atoms with Crippen molar-refractivity contribution in [2.24, 2.45) is 0 Å². The molecule has 1 aliphatic heterocycles. The quantitative estimate of drug-likeness (QED) is 0.869. The fourth-order valence-corrected chi connectivity index (χ4v) is 2.80. The zero-order chi connectivity index (χ0) is 12.5. The van der Waals surface area contributed by atoms with E-state index in [-0.39, 0.29) is 11.7 Å². The normalized spacial score (nSPS) is 13.2. The monoisotopic (exact) mass is 257 g/mol. The van der Waals surface area contributed by atoms with Crippen LogP contribution >= 0.6 is 11.8 Å². The molecule has 1 heterocycles. The van der Waals surface area contributed by atoms with E-state index >= 15 is 0 Å². The van der Waals surface area contributed by atoms with Crippen LogP contribution in [0, 0.1) is 0 Å². The molecule has 0 unspecified atom stereocenters. The van der Waals surface area contributed by atoms with Gasteiger partial charge in [-0.1, -0.05) is 11.8 Å². The van der Waals surface area contributed by atoms with E-state index in [1.807, 2.05) is 30.3 Å². The van der Waals surface area contributed by atoms with Crippen molar-refractivity contribution in [1.82, 2.24) is 0 Å². The van der Waals surface area contributed by atoms with Gasteiger partial charge in [0.25, 0.3) is 0 Å². The van der Waals surface area contributed by atoms with Crippen LogP contribution < -0.4 is 5.32 Å². The number of carbonyl (C=O) groups is 1. The summed E-state index contributed by atoms with van der Waals surface area (Å²) < 4.78 is 0. The lowest BCUT2D eigenvalue weighted by atomic mass is 10.2. The molecule has 0 fully saturated rings. The molecule has 0 atom stereocenters. The molecule has 4 heteroatoms. The highest BCUT2D eigenvalue weighted by atomic mass is 32.2. The largest absolute Gasteiger partial charge is 0.508 e. The van der Waals surface area contributed by atoms with Crippen LogP contribution in [-0.4, -0.2) is 11.0 Å². The van der Waals surface area contributed by atoms with Gasteiger partial charge in [0, 0.05) is 15.5 Å². The van der Waals surface area contributed by atoms with Crippen LogP contribution in [0.4, 0.5) is 5.69 Å². The molecule has 0 bridgehead atoms. The minimum absolute atomic E-state index is 0.0526. The second-order valence-electron chi connectivity index (χ2n) is 4.14. The van der Waals surface area contributed by atoms with Gasteiger partial charge >= 0.3 is 0 Å². The highest BCUT2D eigenvalue weighted by molar-refractivity contribution is 7.99. The highest BCUT2D eigenvalue weighted by Gasteiger charge is 2.17. The minimum Gasteiger partial charge on any atom is -0.508 e. The summed E-state index contributed by atoms with van der Waals surface area (Å²) in [7, 11) is 0. The molecule has 0 radical (unpaired) electrons. The van der Waals surface area contributed by atoms with Crippen LogP contribution in [0.2, 0.25) is 0 Å². The summed E-state index contributed by atoms with van der Waals surface area (Å²) in [5, 5.41) is 12.0. The summed E-state index contributed by atoms with van der Waals surface area (Å²) in [6.45, 7) is 0. The average molecular weight is 257 g/mol. The van der Waals surface area contributed by atoms with Gasteiger partial charge in [-0.25, -0.2) is 0 Å². The number of amides is 1. The van der Waals surface area contributed by atoms with E-state index in [1.165, 1.54) is 0 Å². The Bertz CT molecular complexity index is 608. The molecule has 0 aliphatic carbocycles. The van der Waals surface area contributed by atoms with E-state index in [2.05, 4.69) is 5.32 Å². The van der Waals surface area contributed by atoms with Crippen molar-refractivity contribution in [3.05, 3.63) is 48.0 Å². The zero-order valence-corrected chi connectivity index (χ0v) is 10.3. The maximum Gasteiger partial charge on any atom is 0.228 e. The van der Waals surface area contributed by atoms with Crippen LogP contribution in [0.3, 0.4) is 0 Å². The predicted molar refractivity (Wildman–Crippen MR) is 71.0 cm³/mol. The van der Waals surface area contributed by atoms with E-state index in [4.69, 9.17) is 0 Å². The first kappa shape index (κ1) is 11.2. The molecule has 2 aromatic rings. The predicted octanol–water partition coefficient (Wildman–Crippen LogP) is 3.04. The molecular formula is C14H11NO2S. The Balaban J connectivity index is 1.84. The smallest absolute Gasteiger partial charge is 0.228 e. The van der Waals surface area contributed by atoms with Crippen molar-refractivity contribution in [2.75, 3.05) is 5.32 Å². The molecule has 0 saturated heterocycles. The first-order valence-corrected chi connectivity index (χ1v) is 6.42. The molecular weight excluding hydrogens is 246 g/mol. The number of rotatable bonds is 2. The molecule has 90 valence electrons.